The van der Waals surface area contributed by atoms with Crippen molar-refractivity contribution in [3.63, 3.8) is 0 Å². The fraction of sp³-hybridized carbons (Fsp3) is 0.162. The molecule has 7 rings (SSSR count). The third kappa shape index (κ3) is 4.13. The Kier molecular flexibility index (Phi) is 6.62. The van der Waals surface area contributed by atoms with E-state index in [4.69, 9.17) is 19.7 Å². The molecule has 0 heterocycles. The fourth-order valence-corrected chi connectivity index (χ4v) is 6.62. The summed E-state index contributed by atoms with van der Waals surface area (Å²) in [5.74, 6) is 1.55. The minimum absolute atomic E-state index is 0.0401. The maximum absolute atomic E-state index is 13.9. The normalized spacial score (nSPS) is 15.2. The molecular weight excluding hydrogens is 524 g/mol. The minimum Gasteiger partial charge on any atom is -0.491 e. The largest absolute Gasteiger partial charge is 0.491 e. The predicted molar refractivity (Wildman–Crippen MR) is 165 cm³/mol. The van der Waals surface area contributed by atoms with Crippen LogP contribution in [0.1, 0.15) is 28.7 Å². The van der Waals surface area contributed by atoms with E-state index in [0.717, 1.165) is 54.9 Å². The van der Waals surface area contributed by atoms with Crippen molar-refractivity contribution in [2.45, 2.75) is 11.8 Å². The van der Waals surface area contributed by atoms with Crippen molar-refractivity contribution < 1.29 is 24.5 Å². The molecule has 0 amide bonds. The number of allylic oxidation sites excluding steroid dienone is 4. The first-order valence-corrected chi connectivity index (χ1v) is 14.2. The lowest BCUT2D eigenvalue weighted by molar-refractivity contribution is -0.115. The highest BCUT2D eigenvalue weighted by Crippen LogP contribution is 2.56. The van der Waals surface area contributed by atoms with Crippen LogP contribution in [0.2, 0.25) is 0 Å². The summed E-state index contributed by atoms with van der Waals surface area (Å²) in [4.78, 5) is 13.9. The molecule has 2 N–H and O–H groups in total. The quantitative estimate of drug-likeness (QED) is 0.233. The number of rotatable bonds is 8. The zero-order valence-corrected chi connectivity index (χ0v) is 23.0. The molecule has 0 radical (unpaired) electrons. The van der Waals surface area contributed by atoms with Crippen LogP contribution in [0, 0.1) is 0 Å². The number of benzene rings is 5. The second kappa shape index (κ2) is 10.6. The van der Waals surface area contributed by atoms with E-state index in [1.807, 2.05) is 48.5 Å². The summed E-state index contributed by atoms with van der Waals surface area (Å²) in [5.41, 5.74) is 5.24. The average Bonchev–Trinajstić information content (AvgIpc) is 3.34. The van der Waals surface area contributed by atoms with Gasteiger partial charge in [-0.3, -0.25) is 4.79 Å². The van der Waals surface area contributed by atoms with Gasteiger partial charge in [-0.1, -0.05) is 72.8 Å². The first-order valence-electron chi connectivity index (χ1n) is 14.2. The van der Waals surface area contributed by atoms with Crippen molar-refractivity contribution in [1.82, 2.24) is 0 Å². The summed E-state index contributed by atoms with van der Waals surface area (Å²) < 4.78 is 11.3. The van der Waals surface area contributed by atoms with Gasteiger partial charge in [-0.25, -0.2) is 0 Å². The molecule has 5 nitrogen and oxygen atoms in total. The average molecular weight is 555 g/mol. The number of ketones is 1. The van der Waals surface area contributed by atoms with Crippen LogP contribution in [0.3, 0.4) is 0 Å². The smallest absolute Gasteiger partial charge is 0.164 e. The van der Waals surface area contributed by atoms with Crippen molar-refractivity contribution >= 4 is 32.9 Å². The Bertz CT molecular complexity index is 1820. The van der Waals surface area contributed by atoms with Crippen LogP contribution in [0.4, 0.5) is 0 Å². The SMILES string of the molecule is O=C1CC=CC2=C1C(c1ccc3cc(OCCO)ccc3c1)(c1ccc3cc(OCCO)ccc3c1)c1ccccc12. The summed E-state index contributed by atoms with van der Waals surface area (Å²) >= 11 is 0. The van der Waals surface area contributed by atoms with Crippen LogP contribution in [-0.4, -0.2) is 42.4 Å². The first-order chi connectivity index (χ1) is 20.6. The predicted octanol–water partition coefficient (Wildman–Crippen LogP) is 6.37. The molecule has 0 saturated heterocycles. The Hall–Kier alpha value is -4.71. The molecule has 5 aromatic carbocycles. The Morgan fingerprint density at radius 2 is 1.21 bits per heavy atom. The molecule has 2 aliphatic rings. The van der Waals surface area contributed by atoms with Crippen molar-refractivity contribution in [2.24, 2.45) is 0 Å². The molecule has 5 heteroatoms. The lowest BCUT2D eigenvalue weighted by Gasteiger charge is -2.36. The molecule has 0 bridgehead atoms. The second-order valence-corrected chi connectivity index (χ2v) is 10.7. The van der Waals surface area contributed by atoms with E-state index in [9.17, 15) is 4.79 Å². The number of carbonyl (C=O) groups is 1. The number of fused-ring (bicyclic) bond motifs is 4. The Morgan fingerprint density at radius 3 is 1.81 bits per heavy atom. The molecule has 208 valence electrons. The van der Waals surface area contributed by atoms with E-state index in [-0.39, 0.29) is 32.2 Å². The van der Waals surface area contributed by atoms with Gasteiger partial charge in [-0.05, 0) is 85.8 Å². The third-order valence-electron chi connectivity index (χ3n) is 8.34. The molecule has 0 atom stereocenters. The lowest BCUT2D eigenvalue weighted by Crippen LogP contribution is -2.33. The van der Waals surface area contributed by atoms with Crippen LogP contribution < -0.4 is 9.47 Å². The summed E-state index contributed by atoms with van der Waals surface area (Å²) in [6.45, 7) is 0.406. The summed E-state index contributed by atoms with van der Waals surface area (Å²) in [6, 6.07) is 33.1. The number of ether oxygens (including phenoxy) is 2. The molecule has 42 heavy (non-hydrogen) atoms. The lowest BCUT2D eigenvalue weighted by atomic mass is 9.64. The van der Waals surface area contributed by atoms with Crippen LogP contribution in [-0.2, 0) is 10.2 Å². The van der Waals surface area contributed by atoms with Gasteiger partial charge in [0.25, 0.3) is 0 Å². The molecule has 0 spiro atoms. The molecule has 2 aliphatic carbocycles. The molecule has 0 aliphatic heterocycles. The van der Waals surface area contributed by atoms with Gasteiger partial charge >= 0.3 is 0 Å². The summed E-state index contributed by atoms with van der Waals surface area (Å²) in [5, 5.41) is 22.5. The number of Topliss-reactive ketones (excluding diaryl/α,β-unsaturated/α-hetero) is 1. The maximum atomic E-state index is 13.9. The van der Waals surface area contributed by atoms with Gasteiger partial charge in [0.05, 0.1) is 18.6 Å². The molecule has 0 unspecified atom stereocenters. The summed E-state index contributed by atoms with van der Waals surface area (Å²) in [7, 11) is 0. The number of hydrogen-bond donors (Lipinski definition) is 2. The van der Waals surface area contributed by atoms with Crippen LogP contribution in [0.5, 0.6) is 11.5 Å². The van der Waals surface area contributed by atoms with Gasteiger partial charge < -0.3 is 19.7 Å². The zero-order chi connectivity index (χ0) is 28.7. The zero-order valence-electron chi connectivity index (χ0n) is 23.0. The number of aliphatic hydroxyl groups excluding tert-OH is 2. The van der Waals surface area contributed by atoms with Crippen molar-refractivity contribution in [3.05, 3.63) is 137 Å². The van der Waals surface area contributed by atoms with E-state index in [1.165, 1.54) is 0 Å². The molecule has 5 aromatic rings. The van der Waals surface area contributed by atoms with Crippen LogP contribution >= 0.6 is 0 Å². The molecule has 0 aromatic heterocycles. The Balaban J connectivity index is 1.48. The van der Waals surface area contributed by atoms with E-state index >= 15 is 0 Å². The second-order valence-electron chi connectivity index (χ2n) is 10.7. The van der Waals surface area contributed by atoms with Crippen LogP contribution in [0.15, 0.2) is 115 Å². The van der Waals surface area contributed by atoms with Gasteiger partial charge in [0.2, 0.25) is 0 Å². The molecule has 0 fully saturated rings. The molecular formula is C37H30O5. The van der Waals surface area contributed by atoms with Gasteiger partial charge in [-0.2, -0.15) is 0 Å². The maximum Gasteiger partial charge on any atom is 0.164 e. The van der Waals surface area contributed by atoms with E-state index in [1.54, 1.807) is 0 Å². The minimum atomic E-state index is -0.797. The van der Waals surface area contributed by atoms with Crippen LogP contribution in [0.25, 0.3) is 27.1 Å². The van der Waals surface area contributed by atoms with E-state index < -0.39 is 5.41 Å². The highest BCUT2D eigenvalue weighted by molar-refractivity contribution is 6.14. The number of carbonyl (C=O) groups excluding carboxylic acids is 1. The van der Waals surface area contributed by atoms with Gasteiger partial charge in [0, 0.05) is 12.0 Å². The highest BCUT2D eigenvalue weighted by atomic mass is 16.5. The van der Waals surface area contributed by atoms with Crippen molar-refractivity contribution in [3.8, 4) is 11.5 Å². The van der Waals surface area contributed by atoms with E-state index in [0.29, 0.717) is 17.9 Å². The van der Waals surface area contributed by atoms with Gasteiger partial charge in [0.1, 0.15) is 24.7 Å². The van der Waals surface area contributed by atoms with Crippen molar-refractivity contribution in [1.29, 1.82) is 0 Å². The molecule has 0 saturated carbocycles. The van der Waals surface area contributed by atoms with Gasteiger partial charge in [-0.15, -0.1) is 0 Å². The monoisotopic (exact) mass is 554 g/mol. The Morgan fingerprint density at radius 1 is 0.667 bits per heavy atom. The van der Waals surface area contributed by atoms with E-state index in [2.05, 4.69) is 60.7 Å². The van der Waals surface area contributed by atoms with Gasteiger partial charge in [0.15, 0.2) is 5.78 Å². The van der Waals surface area contributed by atoms with Crippen molar-refractivity contribution in [2.75, 3.05) is 26.4 Å². The topological polar surface area (TPSA) is 76.0 Å². The number of aliphatic hydroxyl groups is 2. The standard InChI is InChI=1S/C37H30O5/c38-16-18-41-30-14-10-24-20-28(12-8-26(24)22-30)37(29-13-9-27-23-31(42-19-17-39)15-11-25(27)21-29)34-6-2-1-4-32(34)33-5-3-7-35(40)36(33)37/h1-6,8-15,20-23,38-39H,7,16-19H2. The number of hydrogen-bond acceptors (Lipinski definition) is 5. The highest BCUT2D eigenvalue weighted by Gasteiger charge is 2.50. The third-order valence-corrected chi connectivity index (χ3v) is 8.34. The summed E-state index contributed by atoms with van der Waals surface area (Å²) in [6.07, 6.45) is 4.44. The first kappa shape index (κ1) is 26.2. The Labute approximate surface area is 244 Å². The fourth-order valence-electron chi connectivity index (χ4n) is 6.62.